The molecule has 1 aromatic heterocycles. The number of hydrogen-bond acceptors (Lipinski definition) is 5. The molecule has 0 spiro atoms. The van der Waals surface area contributed by atoms with Crippen LogP contribution in [0, 0.1) is 5.92 Å². The summed E-state index contributed by atoms with van der Waals surface area (Å²) in [5, 5.41) is 11.3. The zero-order valence-electron chi connectivity index (χ0n) is 11.0. The molecule has 1 atom stereocenters. The maximum atomic E-state index is 12.3. The van der Waals surface area contributed by atoms with Crippen molar-refractivity contribution in [1.29, 1.82) is 0 Å². The molecule has 2 fully saturated rings. The molecule has 1 amide bonds. The second kappa shape index (κ2) is 5.52. The second-order valence-electron chi connectivity index (χ2n) is 5.08. The molecule has 0 aliphatic carbocycles. The first-order valence-corrected chi connectivity index (χ1v) is 6.87. The quantitative estimate of drug-likeness (QED) is 0.794. The highest BCUT2D eigenvalue weighted by Gasteiger charge is 2.29. The molecular weight excluding hydrogens is 242 g/mol. The summed E-state index contributed by atoms with van der Waals surface area (Å²) in [6, 6.07) is 3.86. The summed E-state index contributed by atoms with van der Waals surface area (Å²) >= 11 is 0. The van der Waals surface area contributed by atoms with E-state index >= 15 is 0 Å². The average Bonchev–Trinajstić information content (AvgIpc) is 3.02. The topological polar surface area (TPSA) is 61.4 Å². The number of amides is 1. The van der Waals surface area contributed by atoms with E-state index in [2.05, 4.69) is 20.4 Å². The predicted molar refractivity (Wildman–Crippen MR) is 71.8 cm³/mol. The molecule has 6 heteroatoms. The number of nitrogens with one attached hydrogen (secondary N) is 1. The van der Waals surface area contributed by atoms with E-state index in [1.165, 1.54) is 0 Å². The van der Waals surface area contributed by atoms with Crippen molar-refractivity contribution in [2.24, 2.45) is 5.92 Å². The molecule has 0 saturated carbocycles. The Kier molecular flexibility index (Phi) is 3.59. The minimum absolute atomic E-state index is 0.183. The standard InChI is InChI=1S/C13H19N5O/c19-13(11-3-5-14-10-11)18-8-6-17(7-9-18)12-2-1-4-15-16-12/h1-2,4,11,14H,3,5-10H2. The molecule has 0 aromatic carbocycles. The molecule has 3 rings (SSSR count). The highest BCUT2D eigenvalue weighted by molar-refractivity contribution is 5.79. The molecule has 1 unspecified atom stereocenters. The number of nitrogens with zero attached hydrogens (tertiary/aromatic N) is 4. The molecule has 2 aliphatic rings. The van der Waals surface area contributed by atoms with Crippen LogP contribution in [0.15, 0.2) is 18.3 Å². The minimum Gasteiger partial charge on any atom is -0.352 e. The van der Waals surface area contributed by atoms with Crippen LogP contribution < -0.4 is 10.2 Å². The smallest absolute Gasteiger partial charge is 0.227 e. The fourth-order valence-electron chi connectivity index (χ4n) is 2.74. The molecule has 19 heavy (non-hydrogen) atoms. The first kappa shape index (κ1) is 12.3. The van der Waals surface area contributed by atoms with Crippen LogP contribution in [0.25, 0.3) is 0 Å². The Labute approximate surface area is 112 Å². The SMILES string of the molecule is O=C(C1CCNC1)N1CCN(c2cccnn2)CC1. The van der Waals surface area contributed by atoms with Crippen LogP contribution in [-0.2, 0) is 4.79 Å². The fraction of sp³-hybridized carbons (Fsp3) is 0.615. The Bertz CT molecular complexity index is 424. The van der Waals surface area contributed by atoms with Gasteiger partial charge in [-0.1, -0.05) is 0 Å². The van der Waals surface area contributed by atoms with Gasteiger partial charge in [0.05, 0.1) is 5.92 Å². The Hall–Kier alpha value is -1.69. The van der Waals surface area contributed by atoms with E-state index in [4.69, 9.17) is 0 Å². The summed E-state index contributed by atoms with van der Waals surface area (Å²) in [6.07, 6.45) is 2.65. The Morgan fingerprint density at radius 3 is 2.79 bits per heavy atom. The van der Waals surface area contributed by atoms with Crippen molar-refractivity contribution in [2.45, 2.75) is 6.42 Å². The van der Waals surface area contributed by atoms with Gasteiger partial charge in [0.1, 0.15) is 0 Å². The predicted octanol–water partition coefficient (Wildman–Crippen LogP) is -0.265. The van der Waals surface area contributed by atoms with E-state index in [9.17, 15) is 4.79 Å². The van der Waals surface area contributed by atoms with Gasteiger partial charge in [0, 0.05) is 38.9 Å². The lowest BCUT2D eigenvalue weighted by atomic mass is 10.1. The number of aromatic nitrogens is 2. The molecule has 6 nitrogen and oxygen atoms in total. The monoisotopic (exact) mass is 261 g/mol. The largest absolute Gasteiger partial charge is 0.352 e. The average molecular weight is 261 g/mol. The summed E-state index contributed by atoms with van der Waals surface area (Å²) in [4.78, 5) is 16.5. The maximum Gasteiger partial charge on any atom is 0.227 e. The first-order chi connectivity index (χ1) is 9.34. The van der Waals surface area contributed by atoms with Crippen LogP contribution in [0.5, 0.6) is 0 Å². The van der Waals surface area contributed by atoms with Gasteiger partial charge in [-0.25, -0.2) is 0 Å². The van der Waals surface area contributed by atoms with Crippen LogP contribution in [0.3, 0.4) is 0 Å². The number of anilines is 1. The van der Waals surface area contributed by atoms with E-state index in [0.29, 0.717) is 5.91 Å². The van der Waals surface area contributed by atoms with E-state index in [1.54, 1.807) is 6.20 Å². The van der Waals surface area contributed by atoms with Gasteiger partial charge in [-0.05, 0) is 25.1 Å². The van der Waals surface area contributed by atoms with E-state index in [-0.39, 0.29) is 5.92 Å². The van der Waals surface area contributed by atoms with Gasteiger partial charge < -0.3 is 15.1 Å². The van der Waals surface area contributed by atoms with Crippen molar-refractivity contribution in [2.75, 3.05) is 44.2 Å². The van der Waals surface area contributed by atoms with Crippen molar-refractivity contribution < 1.29 is 4.79 Å². The molecule has 3 heterocycles. The van der Waals surface area contributed by atoms with Gasteiger partial charge in [0.15, 0.2) is 5.82 Å². The van der Waals surface area contributed by atoms with Gasteiger partial charge >= 0.3 is 0 Å². The second-order valence-corrected chi connectivity index (χ2v) is 5.08. The Morgan fingerprint density at radius 2 is 2.16 bits per heavy atom. The number of rotatable bonds is 2. The maximum absolute atomic E-state index is 12.3. The molecule has 0 bridgehead atoms. The van der Waals surface area contributed by atoms with E-state index in [0.717, 1.165) is 51.5 Å². The lowest BCUT2D eigenvalue weighted by Gasteiger charge is -2.36. The number of carbonyl (C=O) groups excluding carboxylic acids is 1. The third-order valence-corrected chi connectivity index (χ3v) is 3.88. The lowest BCUT2D eigenvalue weighted by Crippen LogP contribution is -2.50. The minimum atomic E-state index is 0.183. The summed E-state index contributed by atoms with van der Waals surface area (Å²) in [6.45, 7) is 5.05. The number of carbonyl (C=O) groups is 1. The van der Waals surface area contributed by atoms with Crippen molar-refractivity contribution in [1.82, 2.24) is 20.4 Å². The molecule has 2 saturated heterocycles. The highest BCUT2D eigenvalue weighted by atomic mass is 16.2. The van der Waals surface area contributed by atoms with Gasteiger partial charge in [0.25, 0.3) is 0 Å². The normalized spacial score (nSPS) is 23.7. The van der Waals surface area contributed by atoms with Crippen molar-refractivity contribution >= 4 is 11.7 Å². The van der Waals surface area contributed by atoms with Crippen molar-refractivity contribution in [3.05, 3.63) is 18.3 Å². The van der Waals surface area contributed by atoms with Crippen molar-refractivity contribution in [3.8, 4) is 0 Å². The van der Waals surface area contributed by atoms with Crippen LogP contribution >= 0.6 is 0 Å². The van der Waals surface area contributed by atoms with Gasteiger partial charge in [-0.3, -0.25) is 4.79 Å². The van der Waals surface area contributed by atoms with Crippen LogP contribution in [0.1, 0.15) is 6.42 Å². The Balaban J connectivity index is 1.56. The third-order valence-electron chi connectivity index (χ3n) is 3.88. The molecular formula is C13H19N5O. The van der Waals surface area contributed by atoms with E-state index in [1.807, 2.05) is 17.0 Å². The molecule has 1 aromatic rings. The fourth-order valence-corrected chi connectivity index (χ4v) is 2.74. The summed E-state index contributed by atoms with van der Waals surface area (Å²) in [5.74, 6) is 1.39. The van der Waals surface area contributed by atoms with Crippen molar-refractivity contribution in [3.63, 3.8) is 0 Å². The molecule has 0 radical (unpaired) electrons. The highest BCUT2D eigenvalue weighted by Crippen LogP contribution is 2.16. The van der Waals surface area contributed by atoms with Crippen LogP contribution in [-0.4, -0.2) is 60.3 Å². The zero-order valence-corrected chi connectivity index (χ0v) is 11.0. The third kappa shape index (κ3) is 2.68. The lowest BCUT2D eigenvalue weighted by molar-refractivity contribution is -0.135. The van der Waals surface area contributed by atoms with Gasteiger partial charge in [-0.2, -0.15) is 5.10 Å². The van der Waals surface area contributed by atoms with Gasteiger partial charge in [0.2, 0.25) is 5.91 Å². The number of piperazine rings is 1. The Morgan fingerprint density at radius 1 is 1.32 bits per heavy atom. The molecule has 2 aliphatic heterocycles. The van der Waals surface area contributed by atoms with Crippen LogP contribution in [0.2, 0.25) is 0 Å². The molecule has 102 valence electrons. The summed E-state index contributed by atoms with van der Waals surface area (Å²) in [5.41, 5.74) is 0. The first-order valence-electron chi connectivity index (χ1n) is 6.87. The zero-order chi connectivity index (χ0) is 13.1. The van der Waals surface area contributed by atoms with E-state index < -0.39 is 0 Å². The molecule has 1 N–H and O–H groups in total. The summed E-state index contributed by atoms with van der Waals surface area (Å²) < 4.78 is 0. The number of hydrogen-bond donors (Lipinski definition) is 1. The van der Waals surface area contributed by atoms with Crippen LogP contribution in [0.4, 0.5) is 5.82 Å². The van der Waals surface area contributed by atoms with Gasteiger partial charge in [-0.15, -0.1) is 5.10 Å². The summed E-state index contributed by atoms with van der Waals surface area (Å²) in [7, 11) is 0.